The number of hydrogen-bond donors (Lipinski definition) is 1. The van der Waals surface area contributed by atoms with E-state index in [4.69, 9.17) is 16.2 Å². The van der Waals surface area contributed by atoms with Gasteiger partial charge in [-0.25, -0.2) is 0 Å². The van der Waals surface area contributed by atoms with Crippen LogP contribution in [-0.2, 0) is 10.1 Å². The Kier molecular flexibility index (Phi) is 3.03. The van der Waals surface area contributed by atoms with Crippen molar-refractivity contribution in [2.24, 2.45) is 0 Å². The van der Waals surface area contributed by atoms with Gasteiger partial charge in [0, 0.05) is 9.90 Å². The van der Waals surface area contributed by atoms with Crippen molar-refractivity contribution < 1.29 is 13.0 Å². The summed E-state index contributed by atoms with van der Waals surface area (Å²) in [6.45, 7) is 0. The number of rotatable bonds is 2. The third kappa shape index (κ3) is 2.44. The molecule has 1 aromatic carbocycles. The van der Waals surface area contributed by atoms with Gasteiger partial charge in [-0.05, 0) is 29.8 Å². The predicted octanol–water partition coefficient (Wildman–Crippen LogP) is 3.32. The minimum atomic E-state index is -4.11. The number of hydrogen-bond acceptors (Lipinski definition) is 3. The molecule has 2 rings (SSSR count). The second-order valence-corrected chi connectivity index (χ2v) is 6.27. The number of benzene rings is 1. The first-order valence-electron chi connectivity index (χ1n) is 4.30. The van der Waals surface area contributed by atoms with E-state index in [1.165, 1.54) is 6.07 Å². The molecule has 84 valence electrons. The fourth-order valence-corrected chi connectivity index (χ4v) is 3.03. The molecule has 0 bridgehead atoms. The van der Waals surface area contributed by atoms with Crippen molar-refractivity contribution in [2.45, 2.75) is 4.21 Å². The Labute approximate surface area is 102 Å². The first-order valence-corrected chi connectivity index (χ1v) is 6.93. The molecule has 1 N–H and O–H groups in total. The molecule has 16 heavy (non-hydrogen) atoms. The number of halogens is 1. The molecule has 0 aliphatic heterocycles. The van der Waals surface area contributed by atoms with Crippen molar-refractivity contribution in [3.63, 3.8) is 0 Å². The summed E-state index contributed by atoms with van der Waals surface area (Å²) in [4.78, 5) is 0.768. The van der Waals surface area contributed by atoms with Crippen molar-refractivity contribution in [1.82, 2.24) is 0 Å². The zero-order chi connectivity index (χ0) is 11.8. The molecule has 2 aromatic rings. The van der Waals surface area contributed by atoms with Gasteiger partial charge in [-0.1, -0.05) is 23.7 Å². The molecule has 0 aliphatic carbocycles. The van der Waals surface area contributed by atoms with E-state index in [0.717, 1.165) is 21.8 Å². The van der Waals surface area contributed by atoms with Gasteiger partial charge in [0.25, 0.3) is 0 Å². The molecule has 0 aliphatic rings. The van der Waals surface area contributed by atoms with Crippen LogP contribution in [0.4, 0.5) is 0 Å². The smallest absolute Gasteiger partial charge is 0.281 e. The Balaban J connectivity index is 2.43. The highest BCUT2D eigenvalue weighted by molar-refractivity contribution is 7.88. The lowest BCUT2D eigenvalue weighted by Crippen LogP contribution is -1.92. The fraction of sp³-hybridized carbons (Fsp3) is 0. The lowest BCUT2D eigenvalue weighted by Gasteiger charge is -1.96. The Morgan fingerprint density at radius 2 is 1.69 bits per heavy atom. The fourth-order valence-electron chi connectivity index (χ4n) is 1.23. The first kappa shape index (κ1) is 11.6. The normalized spacial score (nSPS) is 11.6. The van der Waals surface area contributed by atoms with Crippen molar-refractivity contribution in [3.8, 4) is 10.4 Å². The molecule has 1 aromatic heterocycles. The standard InChI is InChI=1S/C10H7ClO3S2/c11-8-3-1-7(2-4-8)9-5-6-10(15-9)16(12,13)14/h1-6H,(H,12,13,14). The third-order valence-corrected chi connectivity index (χ3v) is 4.67. The second-order valence-electron chi connectivity index (χ2n) is 3.10. The zero-order valence-electron chi connectivity index (χ0n) is 7.92. The topological polar surface area (TPSA) is 54.4 Å². The second kappa shape index (κ2) is 4.18. The van der Waals surface area contributed by atoms with E-state index in [9.17, 15) is 8.42 Å². The SMILES string of the molecule is O=S(=O)(O)c1ccc(-c2ccc(Cl)cc2)s1. The van der Waals surface area contributed by atoms with Crippen molar-refractivity contribution in [2.75, 3.05) is 0 Å². The van der Waals surface area contributed by atoms with Gasteiger partial charge in [0.15, 0.2) is 0 Å². The van der Waals surface area contributed by atoms with Crippen LogP contribution in [0.2, 0.25) is 5.02 Å². The van der Waals surface area contributed by atoms with Crippen LogP contribution in [0.25, 0.3) is 10.4 Å². The highest BCUT2D eigenvalue weighted by Gasteiger charge is 2.13. The molecule has 0 radical (unpaired) electrons. The maximum absolute atomic E-state index is 10.9. The average molecular weight is 275 g/mol. The van der Waals surface area contributed by atoms with Crippen LogP contribution >= 0.6 is 22.9 Å². The Bertz CT molecular complexity index is 599. The van der Waals surface area contributed by atoms with E-state index in [1.807, 2.05) is 0 Å². The van der Waals surface area contributed by atoms with E-state index < -0.39 is 10.1 Å². The van der Waals surface area contributed by atoms with Crippen LogP contribution in [-0.4, -0.2) is 13.0 Å². The monoisotopic (exact) mass is 274 g/mol. The van der Waals surface area contributed by atoms with E-state index in [1.54, 1.807) is 30.3 Å². The van der Waals surface area contributed by atoms with Gasteiger partial charge in [-0.15, -0.1) is 11.3 Å². The van der Waals surface area contributed by atoms with Gasteiger partial charge in [0.05, 0.1) is 0 Å². The summed E-state index contributed by atoms with van der Waals surface area (Å²) in [6, 6.07) is 10.1. The predicted molar refractivity (Wildman–Crippen MR) is 64.6 cm³/mol. The molecular formula is C10H7ClO3S2. The minimum Gasteiger partial charge on any atom is -0.281 e. The summed E-state index contributed by atoms with van der Waals surface area (Å²) < 4.78 is 30.5. The molecule has 0 unspecified atom stereocenters. The summed E-state index contributed by atoms with van der Waals surface area (Å²) in [7, 11) is -4.11. The highest BCUT2D eigenvalue weighted by atomic mass is 35.5. The van der Waals surface area contributed by atoms with Crippen LogP contribution in [0.15, 0.2) is 40.6 Å². The average Bonchev–Trinajstić information content (AvgIpc) is 2.67. The quantitative estimate of drug-likeness (QED) is 0.855. The molecule has 0 amide bonds. The van der Waals surface area contributed by atoms with Crippen LogP contribution in [0.3, 0.4) is 0 Å². The van der Waals surface area contributed by atoms with Gasteiger partial charge in [-0.2, -0.15) is 8.42 Å². The maximum atomic E-state index is 10.9. The molecule has 0 saturated heterocycles. The summed E-state index contributed by atoms with van der Waals surface area (Å²) in [5.41, 5.74) is 0.865. The summed E-state index contributed by atoms with van der Waals surface area (Å²) in [6.07, 6.45) is 0. The first-order chi connectivity index (χ1) is 7.47. The molecular weight excluding hydrogens is 268 g/mol. The van der Waals surface area contributed by atoms with Crippen molar-refractivity contribution >= 4 is 33.1 Å². The van der Waals surface area contributed by atoms with Crippen molar-refractivity contribution in [1.29, 1.82) is 0 Å². The third-order valence-electron chi connectivity index (χ3n) is 1.96. The van der Waals surface area contributed by atoms with Gasteiger partial charge >= 0.3 is 10.1 Å². The number of thiophene rings is 1. The molecule has 3 nitrogen and oxygen atoms in total. The maximum Gasteiger partial charge on any atom is 0.304 e. The van der Waals surface area contributed by atoms with E-state index in [-0.39, 0.29) is 4.21 Å². The van der Waals surface area contributed by atoms with Gasteiger partial charge < -0.3 is 0 Å². The van der Waals surface area contributed by atoms with Crippen LogP contribution in [0, 0.1) is 0 Å². The Hall–Kier alpha value is -0.880. The van der Waals surface area contributed by atoms with Crippen LogP contribution in [0.1, 0.15) is 0 Å². The molecule has 6 heteroatoms. The Morgan fingerprint density at radius 3 is 2.19 bits per heavy atom. The largest absolute Gasteiger partial charge is 0.304 e. The lowest BCUT2D eigenvalue weighted by molar-refractivity contribution is 0.485. The molecule has 1 heterocycles. The van der Waals surface area contributed by atoms with Crippen molar-refractivity contribution in [3.05, 3.63) is 41.4 Å². The van der Waals surface area contributed by atoms with Gasteiger partial charge in [0.1, 0.15) is 4.21 Å². The summed E-state index contributed by atoms with van der Waals surface area (Å²) >= 11 is 6.76. The van der Waals surface area contributed by atoms with Crippen LogP contribution < -0.4 is 0 Å². The van der Waals surface area contributed by atoms with Gasteiger partial charge in [-0.3, -0.25) is 4.55 Å². The summed E-state index contributed by atoms with van der Waals surface area (Å²) in [5.74, 6) is 0. The zero-order valence-corrected chi connectivity index (χ0v) is 10.3. The molecule has 0 saturated carbocycles. The van der Waals surface area contributed by atoms with E-state index in [0.29, 0.717) is 5.02 Å². The van der Waals surface area contributed by atoms with E-state index in [2.05, 4.69) is 0 Å². The molecule has 0 fully saturated rings. The van der Waals surface area contributed by atoms with Gasteiger partial charge in [0.2, 0.25) is 0 Å². The summed E-state index contributed by atoms with van der Waals surface area (Å²) in [5, 5.41) is 0.621. The minimum absolute atomic E-state index is 0.0579. The van der Waals surface area contributed by atoms with Crippen LogP contribution in [0.5, 0.6) is 0 Å². The highest BCUT2D eigenvalue weighted by Crippen LogP contribution is 2.31. The lowest BCUT2D eigenvalue weighted by atomic mass is 10.2. The van der Waals surface area contributed by atoms with E-state index >= 15 is 0 Å². The molecule has 0 spiro atoms. The molecule has 0 atom stereocenters. The Morgan fingerprint density at radius 1 is 1.06 bits per heavy atom.